The van der Waals surface area contributed by atoms with E-state index in [1.54, 1.807) is 60.1 Å². The Morgan fingerprint density at radius 2 is 1.43 bits per heavy atom. The summed E-state index contributed by atoms with van der Waals surface area (Å²) in [6.07, 6.45) is -1.30. The van der Waals surface area contributed by atoms with E-state index in [9.17, 15) is 53.7 Å². The summed E-state index contributed by atoms with van der Waals surface area (Å²) < 4.78 is 16.8. The van der Waals surface area contributed by atoms with Crippen molar-refractivity contribution in [3.8, 4) is 43.4 Å². The number of oxazole rings is 1. The number of carboxylic acid groups (broad SMARTS) is 2. The zero-order valence-corrected chi connectivity index (χ0v) is 54.6. The second kappa shape index (κ2) is 28.4. The molecule has 10 bridgehead atoms. The maximum absolute atomic E-state index is 14.4. The van der Waals surface area contributed by atoms with Gasteiger partial charge in [-0.25, -0.2) is 49.5 Å². The number of carboxylic acids is 2. The number of methoxy groups -OCH3 is 1. The molecule has 9 aromatic rings. The van der Waals surface area contributed by atoms with Crippen LogP contribution in [0.3, 0.4) is 0 Å². The molecule has 4 atom stereocenters. The smallest absolute Gasteiger partial charge is 0.424 e. The van der Waals surface area contributed by atoms with E-state index in [1.165, 1.54) is 36.3 Å². The lowest BCUT2D eigenvalue weighted by Gasteiger charge is -2.27. The molecule has 6 amide bonds. The van der Waals surface area contributed by atoms with Crippen LogP contribution >= 0.6 is 68.0 Å². The first-order valence-electron chi connectivity index (χ1n) is 28.6. The van der Waals surface area contributed by atoms with Crippen molar-refractivity contribution in [2.24, 2.45) is 11.8 Å². The van der Waals surface area contributed by atoms with Crippen LogP contribution in [-0.2, 0) is 30.5 Å². The topological polar surface area (TPSA) is 395 Å². The lowest BCUT2D eigenvalue weighted by atomic mass is 9.87. The molecule has 11 rings (SSSR count). The molecule has 2 aliphatic rings. The third-order valence-corrected chi connectivity index (χ3v) is 20.5. The number of ether oxygens (including phenoxy) is 2. The fourth-order valence-electron chi connectivity index (χ4n) is 10.0. The Balaban J connectivity index is 0.985. The number of carbonyl (C=O) groups is 8. The Labute approximate surface area is 552 Å². The van der Waals surface area contributed by atoms with E-state index < -0.39 is 102 Å². The zero-order chi connectivity index (χ0) is 65.8. The molecule has 28 nitrogen and oxygen atoms in total. The van der Waals surface area contributed by atoms with Crippen LogP contribution in [0.2, 0.25) is 0 Å². The minimum atomic E-state index is -1.45. The number of nitrogens with zero attached hydrogens (tertiary/aromatic N) is 9. The van der Waals surface area contributed by atoms with Crippen molar-refractivity contribution in [2.75, 3.05) is 25.6 Å². The highest BCUT2D eigenvalue weighted by Crippen LogP contribution is 2.41. The van der Waals surface area contributed by atoms with E-state index in [0.717, 1.165) is 67.8 Å². The number of pyridine rings is 1. The van der Waals surface area contributed by atoms with Crippen LogP contribution in [0, 0.1) is 18.8 Å². The van der Waals surface area contributed by atoms with Gasteiger partial charge in [0, 0.05) is 46.1 Å². The summed E-state index contributed by atoms with van der Waals surface area (Å²) in [5.41, 5.74) is 2.00. The van der Waals surface area contributed by atoms with Crippen LogP contribution in [0.4, 0.5) is 16.6 Å². The number of aromatic nitrogens is 8. The SMILES string of the molecule is CNC(=O)C[C@@H]1NC(=O)c2csc(n2)-c2ccc(-c3nc(N(C(=O)OC4CCC(C(=O)O)CC4)c4ncc(C(=O)O)o4)cs3)nc2-c2csc(n2)-c2csc(n2)[C@H]([C@@H](O)c2ccccc2)NC(=O)CNC(=O)c2nc(sc2COC)[C@H](C(C)C)NC(=O)c2nc1sc2C. The first-order valence-corrected chi connectivity index (χ1v) is 33.7. The van der Waals surface area contributed by atoms with Gasteiger partial charge in [-0.3, -0.25) is 28.8 Å². The number of anilines is 2. The number of amides is 6. The highest BCUT2D eigenvalue weighted by molar-refractivity contribution is 7.15. The van der Waals surface area contributed by atoms with Gasteiger partial charge < -0.3 is 55.8 Å². The van der Waals surface area contributed by atoms with E-state index in [2.05, 4.69) is 41.5 Å². The van der Waals surface area contributed by atoms with Gasteiger partial charge in [0.25, 0.3) is 17.7 Å². The quantitative estimate of drug-likeness (QED) is 0.0533. The highest BCUT2D eigenvalue weighted by Gasteiger charge is 2.36. The van der Waals surface area contributed by atoms with Gasteiger partial charge >= 0.3 is 24.0 Å². The summed E-state index contributed by atoms with van der Waals surface area (Å²) in [5, 5.41) is 53.6. The molecule has 93 heavy (non-hydrogen) atoms. The molecule has 1 aliphatic heterocycles. The normalized spacial score (nSPS) is 18.3. The molecule has 8 aromatic heterocycles. The maximum atomic E-state index is 14.4. The first-order chi connectivity index (χ1) is 44.7. The van der Waals surface area contributed by atoms with Crippen molar-refractivity contribution in [2.45, 2.75) is 89.8 Å². The lowest BCUT2D eigenvalue weighted by molar-refractivity contribution is -0.143. The number of thiazole rings is 6. The van der Waals surface area contributed by atoms with Crippen LogP contribution < -0.4 is 31.5 Å². The average Bonchev–Trinajstić information content (AvgIpc) is 1.71. The van der Waals surface area contributed by atoms with Crippen LogP contribution in [0.1, 0.15) is 143 Å². The Kier molecular flexibility index (Phi) is 19.9. The molecule has 482 valence electrons. The number of aliphatic carboxylic acids is 1. The van der Waals surface area contributed by atoms with Gasteiger partial charge in [0.15, 0.2) is 5.82 Å². The number of fused-ring (bicyclic) bond motifs is 14. The summed E-state index contributed by atoms with van der Waals surface area (Å²) in [7, 11) is 2.90. The van der Waals surface area contributed by atoms with Gasteiger partial charge in [-0.2, -0.15) is 4.90 Å². The maximum Gasteiger partial charge on any atom is 0.424 e. The Morgan fingerprint density at radius 3 is 2.15 bits per heavy atom. The molecule has 8 N–H and O–H groups in total. The summed E-state index contributed by atoms with van der Waals surface area (Å²) in [6.45, 7) is 4.84. The zero-order valence-electron chi connectivity index (χ0n) is 49.7. The average molecular weight is 1380 g/mol. The number of aromatic carboxylic acids is 1. The standard InChI is InChI=1S/C59H56N14O14S6/c1-25(2)41-55-72-44(37(93-55)20-85-5)48(78)61-19-40(75)69-45(46(76)27-9-7-6-8-10-27)54-67-35(23-90-54)52-65-33(21-89-52)43-30(50-66-34(22-88-50)47(77)64-32(17-39(74)60-4)53-71-42(26(3)92-53)49(79)70-41)15-16-31(63-43)51-68-38(24-91-51)73(58-62-18-36(87-58)57(82)83)59(84)86-29-13-11-28(12-14-29)56(80)81/h6-10,15-16,18,21-25,28-29,32,41,45-46,76H,11-14,17,19-20H2,1-5H3,(H,60,74)(H,61,78)(H,64,77)(H,69,75)(H,70,79)(H,80,81)(H,82,83)/t28?,29?,32-,41-,45-,46-/m0/s1. The van der Waals surface area contributed by atoms with E-state index in [-0.39, 0.29) is 93.9 Å². The third-order valence-electron chi connectivity index (χ3n) is 14.8. The van der Waals surface area contributed by atoms with Crippen molar-refractivity contribution in [3.63, 3.8) is 0 Å². The number of carbonyl (C=O) groups excluding carboxylic acids is 6. The van der Waals surface area contributed by atoms with Crippen molar-refractivity contribution < 1.29 is 67.6 Å². The molecule has 0 radical (unpaired) electrons. The number of aliphatic hydroxyl groups is 1. The molecule has 1 fully saturated rings. The molecule has 34 heteroatoms. The van der Waals surface area contributed by atoms with E-state index in [1.807, 2.05) is 13.8 Å². The van der Waals surface area contributed by atoms with Crippen LogP contribution in [0.5, 0.6) is 0 Å². The van der Waals surface area contributed by atoms with Gasteiger partial charge in [-0.1, -0.05) is 44.2 Å². The number of hydrogen-bond acceptors (Lipinski definition) is 26. The minimum absolute atomic E-state index is 0.0225. The molecule has 1 saturated carbocycles. The second-order valence-electron chi connectivity index (χ2n) is 21.5. The molecule has 0 spiro atoms. The van der Waals surface area contributed by atoms with E-state index in [4.69, 9.17) is 38.8 Å². The van der Waals surface area contributed by atoms with Crippen molar-refractivity contribution >= 4 is 127 Å². The Bertz CT molecular complexity index is 4300. The van der Waals surface area contributed by atoms with Crippen LogP contribution in [-0.4, -0.2) is 130 Å². The summed E-state index contributed by atoms with van der Waals surface area (Å²) >= 11 is 6.77. The van der Waals surface area contributed by atoms with Gasteiger partial charge in [0.1, 0.15) is 82.5 Å². The molecule has 1 aliphatic carbocycles. The van der Waals surface area contributed by atoms with Crippen molar-refractivity contribution in [3.05, 3.63) is 123 Å². The van der Waals surface area contributed by atoms with Gasteiger partial charge in [-0.05, 0) is 56.2 Å². The minimum Gasteiger partial charge on any atom is -0.481 e. The highest BCUT2D eigenvalue weighted by atomic mass is 32.1. The molecular weight excluding hydrogens is 1320 g/mol. The van der Waals surface area contributed by atoms with Crippen LogP contribution in [0.25, 0.3) is 43.4 Å². The number of nitrogens with one attached hydrogen (secondary N) is 5. The Morgan fingerprint density at radius 1 is 0.720 bits per heavy atom. The van der Waals surface area contributed by atoms with Gasteiger partial charge in [-0.15, -0.1) is 68.0 Å². The number of benzene rings is 1. The first kappa shape index (κ1) is 65.3. The number of aryl methyl sites for hydroxylation is 1. The van der Waals surface area contributed by atoms with Crippen LogP contribution in [0.15, 0.2) is 74.6 Å². The lowest BCUT2D eigenvalue weighted by Crippen LogP contribution is -2.40. The van der Waals surface area contributed by atoms with Crippen molar-refractivity contribution in [1.82, 2.24) is 66.5 Å². The molecule has 9 heterocycles. The monoisotopic (exact) mass is 1380 g/mol. The van der Waals surface area contributed by atoms with Gasteiger partial charge in [0.2, 0.25) is 17.6 Å². The molecule has 0 unspecified atom stereocenters. The Hall–Kier alpha value is -9.16. The number of hydrogen-bond donors (Lipinski definition) is 8. The summed E-state index contributed by atoms with van der Waals surface area (Å²) in [4.78, 5) is 147. The molecule has 1 aromatic carbocycles. The third kappa shape index (κ3) is 14.6. The second-order valence-corrected chi connectivity index (χ2v) is 27.3. The summed E-state index contributed by atoms with van der Waals surface area (Å²) in [5.74, 6) is -6.99. The van der Waals surface area contributed by atoms with E-state index >= 15 is 0 Å². The molecular formula is C59H56N14O14S6. The predicted octanol–water partition coefficient (Wildman–Crippen LogP) is 8.92. The predicted molar refractivity (Wildman–Crippen MR) is 342 cm³/mol. The van der Waals surface area contributed by atoms with E-state index in [0.29, 0.717) is 47.3 Å². The fraction of sp³-hybridized carbons (Fsp3) is 0.322. The molecule has 0 saturated heterocycles. The number of aliphatic hydroxyl groups excluding tert-OH is 1. The fourth-order valence-corrected chi connectivity index (χ4v) is 15.6. The van der Waals surface area contributed by atoms with Gasteiger partial charge in [0.05, 0.1) is 54.3 Å². The number of rotatable bonds is 13. The summed E-state index contributed by atoms with van der Waals surface area (Å²) in [6, 6.07) is 8.58. The van der Waals surface area contributed by atoms with Crippen molar-refractivity contribution in [1.29, 1.82) is 0 Å². The largest absolute Gasteiger partial charge is 0.481 e.